The number of hydrogen-bond donors (Lipinski definition) is 3. The Morgan fingerprint density at radius 2 is 0.528 bits per heavy atom. The van der Waals surface area contributed by atoms with Crippen LogP contribution >= 0.6 is 0 Å². The van der Waals surface area contributed by atoms with E-state index in [9.17, 15) is 5.11 Å². The van der Waals surface area contributed by atoms with Crippen LogP contribution in [0.4, 0.5) is 0 Å². The second-order valence-corrected chi connectivity index (χ2v) is 12.8. The topological polar surface area (TPSA) is 181 Å². The summed E-state index contributed by atoms with van der Waals surface area (Å²) in [5, 5.41) is 26.2. The first-order valence-electron chi connectivity index (χ1n) is 19.0. The number of aliphatic hydroxyl groups excluding tert-OH is 3. The number of aliphatic hydroxyl groups is 3. The normalized spacial score (nSPS) is 16.3. The van der Waals surface area contributed by atoms with Crippen LogP contribution in [0.5, 0.6) is 0 Å². The van der Waals surface area contributed by atoms with Crippen molar-refractivity contribution in [2.75, 3.05) is 139 Å². The van der Waals surface area contributed by atoms with E-state index in [1.165, 1.54) is 0 Å². The molecule has 53 heavy (non-hydrogen) atoms. The minimum atomic E-state index is -0.474. The minimum absolute atomic E-state index is 0.0108. The molecule has 0 spiro atoms. The molecule has 0 heterocycles. The van der Waals surface area contributed by atoms with Gasteiger partial charge in [-0.2, -0.15) is 0 Å². The SMILES string of the molecule is COCC(C)OCC(C)OCC(C)OCC(C)OCC(C)OCC(C)OCC(C)OCC(C)O.OCCOCCOCCOCCOCCOCCO. The zero-order valence-corrected chi connectivity index (χ0v) is 34.4. The molecule has 8 unspecified atom stereocenters. The first-order valence-corrected chi connectivity index (χ1v) is 19.0. The second-order valence-electron chi connectivity index (χ2n) is 12.8. The fourth-order valence-electron chi connectivity index (χ4n) is 3.78. The third-order valence-corrected chi connectivity index (χ3v) is 6.68. The van der Waals surface area contributed by atoms with Crippen LogP contribution in [0.15, 0.2) is 0 Å². The lowest BCUT2D eigenvalue weighted by atomic mass is 10.3. The first kappa shape index (κ1) is 54.5. The van der Waals surface area contributed by atoms with Gasteiger partial charge in [0, 0.05) is 7.11 Å². The van der Waals surface area contributed by atoms with E-state index in [0.29, 0.717) is 119 Å². The predicted molar refractivity (Wildman–Crippen MR) is 200 cm³/mol. The maximum Gasteiger partial charge on any atom is 0.0781 e. The third kappa shape index (κ3) is 43.9. The highest BCUT2D eigenvalue weighted by molar-refractivity contribution is 4.59. The van der Waals surface area contributed by atoms with Gasteiger partial charge in [-0.05, 0) is 55.4 Å². The summed E-state index contributed by atoms with van der Waals surface area (Å²) in [6.07, 6.45) is -0.714. The van der Waals surface area contributed by atoms with Crippen LogP contribution in [-0.4, -0.2) is 203 Å². The summed E-state index contributed by atoms with van der Waals surface area (Å²) >= 11 is 0. The summed E-state index contributed by atoms with van der Waals surface area (Å²) < 4.78 is 71.0. The van der Waals surface area contributed by atoms with Crippen LogP contribution < -0.4 is 0 Å². The highest BCUT2D eigenvalue weighted by atomic mass is 16.6. The van der Waals surface area contributed by atoms with E-state index in [0.717, 1.165) is 0 Å². The van der Waals surface area contributed by atoms with Crippen LogP contribution in [0.1, 0.15) is 55.4 Å². The summed E-state index contributed by atoms with van der Waals surface area (Å²) in [4.78, 5) is 0. The van der Waals surface area contributed by atoms with Gasteiger partial charge in [0.25, 0.3) is 0 Å². The Hall–Kier alpha value is -0.640. The summed E-state index contributed by atoms with van der Waals surface area (Å²) in [6.45, 7) is 24.1. The number of methoxy groups -OCH3 is 1. The van der Waals surface area contributed by atoms with Crippen molar-refractivity contribution in [3.63, 3.8) is 0 Å². The molecular formula is C37H78O16. The molecular weight excluding hydrogens is 700 g/mol. The molecule has 0 amide bonds. The fraction of sp³-hybridized carbons (Fsp3) is 1.00. The minimum Gasteiger partial charge on any atom is -0.394 e. The molecule has 8 atom stereocenters. The monoisotopic (exact) mass is 779 g/mol. The summed E-state index contributed by atoms with van der Waals surface area (Å²) in [6, 6.07) is 0. The van der Waals surface area contributed by atoms with Gasteiger partial charge in [-0.15, -0.1) is 0 Å². The molecule has 0 aliphatic heterocycles. The Balaban J connectivity index is 0. The summed E-state index contributed by atoms with van der Waals surface area (Å²) in [5.74, 6) is 0. The zero-order valence-electron chi connectivity index (χ0n) is 34.4. The van der Waals surface area contributed by atoms with Crippen molar-refractivity contribution in [1.29, 1.82) is 0 Å². The molecule has 16 nitrogen and oxygen atoms in total. The largest absolute Gasteiger partial charge is 0.394 e. The molecule has 0 fully saturated rings. The highest BCUT2D eigenvalue weighted by Crippen LogP contribution is 2.05. The average molecular weight is 779 g/mol. The van der Waals surface area contributed by atoms with Gasteiger partial charge < -0.3 is 76.9 Å². The highest BCUT2D eigenvalue weighted by Gasteiger charge is 2.14. The molecule has 0 aromatic heterocycles. The standard InChI is InChI=1S/C25H52O9.C12H26O7/c1-18(26)10-28-20(3)12-30-22(5)14-32-24(7)16-34-25(8)17-33-23(6)15-31-21(4)13-29-19(2)11-27-9;13-1-3-15-5-7-17-9-11-19-12-10-18-8-6-16-4-2-14/h18-26H,10-17H2,1-9H3;13-14H,1-12H2. The van der Waals surface area contributed by atoms with E-state index in [2.05, 4.69) is 0 Å². The van der Waals surface area contributed by atoms with Crippen molar-refractivity contribution in [2.45, 2.75) is 104 Å². The maximum absolute atomic E-state index is 9.25. The lowest BCUT2D eigenvalue weighted by Crippen LogP contribution is -2.30. The van der Waals surface area contributed by atoms with Crippen molar-refractivity contribution in [3.05, 3.63) is 0 Å². The average Bonchev–Trinajstić information content (AvgIpc) is 3.13. The third-order valence-electron chi connectivity index (χ3n) is 6.68. The molecule has 0 saturated carbocycles. The van der Waals surface area contributed by atoms with Gasteiger partial charge in [-0.1, -0.05) is 0 Å². The maximum atomic E-state index is 9.25. The van der Waals surface area contributed by atoms with E-state index >= 15 is 0 Å². The van der Waals surface area contributed by atoms with Gasteiger partial charge in [0.05, 0.1) is 181 Å². The Bertz CT molecular complexity index is 694. The quantitative estimate of drug-likeness (QED) is 0.0770. The van der Waals surface area contributed by atoms with Crippen molar-refractivity contribution < 1.29 is 76.9 Å². The van der Waals surface area contributed by atoms with Gasteiger partial charge in [0.15, 0.2) is 0 Å². The first-order chi connectivity index (χ1) is 25.4. The van der Waals surface area contributed by atoms with E-state index < -0.39 is 6.10 Å². The van der Waals surface area contributed by atoms with Crippen LogP contribution in [0.2, 0.25) is 0 Å². The van der Waals surface area contributed by atoms with Crippen molar-refractivity contribution in [3.8, 4) is 0 Å². The van der Waals surface area contributed by atoms with Crippen LogP contribution in [0, 0.1) is 0 Å². The molecule has 322 valence electrons. The summed E-state index contributed by atoms with van der Waals surface area (Å²) in [5.41, 5.74) is 0. The Morgan fingerprint density at radius 1 is 0.321 bits per heavy atom. The summed E-state index contributed by atoms with van der Waals surface area (Å²) in [7, 11) is 1.66. The number of ether oxygens (including phenoxy) is 13. The molecule has 0 aromatic carbocycles. The van der Waals surface area contributed by atoms with Crippen molar-refractivity contribution in [2.24, 2.45) is 0 Å². The van der Waals surface area contributed by atoms with Crippen molar-refractivity contribution >= 4 is 0 Å². The van der Waals surface area contributed by atoms with Gasteiger partial charge in [-0.3, -0.25) is 0 Å². The van der Waals surface area contributed by atoms with Gasteiger partial charge in [-0.25, -0.2) is 0 Å². The number of hydrogen-bond acceptors (Lipinski definition) is 16. The smallest absolute Gasteiger partial charge is 0.0781 e. The molecule has 0 bridgehead atoms. The van der Waals surface area contributed by atoms with E-state index in [1.54, 1.807) is 14.0 Å². The Labute approximate surface area is 320 Å². The van der Waals surface area contributed by atoms with E-state index in [-0.39, 0.29) is 55.9 Å². The molecule has 0 aliphatic rings. The fourth-order valence-corrected chi connectivity index (χ4v) is 3.78. The Kier molecular flexibility index (Phi) is 42.1. The molecule has 0 aliphatic carbocycles. The second kappa shape index (κ2) is 41.0. The number of rotatable bonds is 39. The lowest BCUT2D eigenvalue weighted by molar-refractivity contribution is -0.108. The van der Waals surface area contributed by atoms with Crippen LogP contribution in [-0.2, 0) is 61.6 Å². The molecule has 3 N–H and O–H groups in total. The van der Waals surface area contributed by atoms with Gasteiger partial charge in [0.2, 0.25) is 0 Å². The van der Waals surface area contributed by atoms with E-state index in [1.807, 2.05) is 48.5 Å². The molecule has 0 rings (SSSR count). The lowest BCUT2D eigenvalue weighted by Gasteiger charge is -2.23. The van der Waals surface area contributed by atoms with Crippen LogP contribution in [0.3, 0.4) is 0 Å². The van der Waals surface area contributed by atoms with Crippen molar-refractivity contribution in [1.82, 2.24) is 0 Å². The van der Waals surface area contributed by atoms with Gasteiger partial charge in [0.1, 0.15) is 0 Å². The zero-order chi connectivity index (χ0) is 40.0. The molecule has 16 heteroatoms. The van der Waals surface area contributed by atoms with Crippen LogP contribution in [0.25, 0.3) is 0 Å². The molecule has 0 aromatic rings. The molecule has 0 saturated heterocycles. The predicted octanol–water partition coefficient (Wildman–Crippen LogP) is 1.90. The Morgan fingerprint density at radius 3 is 0.736 bits per heavy atom. The molecule has 0 radical (unpaired) electrons. The van der Waals surface area contributed by atoms with E-state index in [4.69, 9.17) is 71.8 Å². The van der Waals surface area contributed by atoms with Gasteiger partial charge >= 0.3 is 0 Å².